The number of nitrogens with one attached hydrogen (secondary N) is 2. The lowest BCUT2D eigenvalue weighted by Crippen LogP contribution is -2.13. The van der Waals surface area contributed by atoms with Gasteiger partial charge in [-0.15, -0.1) is 11.3 Å². The van der Waals surface area contributed by atoms with Crippen LogP contribution in [-0.4, -0.2) is 24.7 Å². The third-order valence-corrected chi connectivity index (χ3v) is 3.26. The second-order valence-electron chi connectivity index (χ2n) is 3.71. The van der Waals surface area contributed by atoms with Gasteiger partial charge in [0, 0.05) is 23.7 Å². The predicted molar refractivity (Wildman–Crippen MR) is 77.7 cm³/mol. The van der Waals surface area contributed by atoms with Crippen LogP contribution in [0.25, 0.3) is 11.3 Å². The van der Waals surface area contributed by atoms with E-state index in [1.807, 2.05) is 36.7 Å². The molecule has 0 aliphatic rings. The van der Waals surface area contributed by atoms with Crippen molar-refractivity contribution in [2.45, 2.75) is 6.92 Å². The molecule has 0 saturated heterocycles. The van der Waals surface area contributed by atoms with Crippen LogP contribution >= 0.6 is 11.3 Å². The highest BCUT2D eigenvalue weighted by Gasteiger charge is 2.06. The number of hydrogen-bond donors (Lipinski definition) is 2. The zero-order valence-corrected chi connectivity index (χ0v) is 11.6. The van der Waals surface area contributed by atoms with E-state index in [-0.39, 0.29) is 0 Å². The molecular weight excluding hydrogens is 262 g/mol. The van der Waals surface area contributed by atoms with E-state index in [1.54, 1.807) is 6.92 Å². The molecule has 1 aromatic carbocycles. The second kappa shape index (κ2) is 6.19. The van der Waals surface area contributed by atoms with E-state index in [0.29, 0.717) is 12.3 Å². The molecule has 0 spiro atoms. The van der Waals surface area contributed by atoms with Crippen LogP contribution in [0.1, 0.15) is 6.92 Å². The van der Waals surface area contributed by atoms with Crippen molar-refractivity contribution >= 4 is 28.2 Å². The zero-order chi connectivity index (χ0) is 13.7. The van der Waals surface area contributed by atoms with E-state index in [4.69, 9.17) is 4.74 Å². The Hall–Kier alpha value is -2.08. The summed E-state index contributed by atoms with van der Waals surface area (Å²) in [4.78, 5) is 15.8. The van der Waals surface area contributed by atoms with Crippen LogP contribution in [0.4, 0.5) is 15.6 Å². The van der Waals surface area contributed by atoms with Gasteiger partial charge in [-0.3, -0.25) is 5.32 Å². The molecule has 2 N–H and O–H groups in total. The number of anilines is 2. The molecule has 0 aliphatic heterocycles. The highest BCUT2D eigenvalue weighted by atomic mass is 32.1. The lowest BCUT2D eigenvalue weighted by atomic mass is 10.1. The summed E-state index contributed by atoms with van der Waals surface area (Å²) in [5.41, 5.74) is 2.52. The number of rotatable bonds is 4. The number of ether oxygens (including phenoxy) is 1. The Kier molecular flexibility index (Phi) is 4.35. The molecule has 0 bridgehead atoms. The molecule has 1 amide bonds. The van der Waals surface area contributed by atoms with Crippen molar-refractivity contribution < 1.29 is 9.53 Å². The molecule has 0 saturated carbocycles. The van der Waals surface area contributed by atoms with Gasteiger partial charge in [-0.1, -0.05) is 12.1 Å². The maximum absolute atomic E-state index is 11.4. The summed E-state index contributed by atoms with van der Waals surface area (Å²) < 4.78 is 4.84. The Bertz CT molecular complexity index is 569. The molecule has 2 aromatic rings. The van der Waals surface area contributed by atoms with Gasteiger partial charge in [0.15, 0.2) is 5.13 Å². The maximum Gasteiger partial charge on any atom is 0.411 e. The van der Waals surface area contributed by atoms with Gasteiger partial charge in [-0.2, -0.15) is 0 Å². The minimum atomic E-state index is -0.450. The molecule has 0 aliphatic carbocycles. The molecule has 0 atom stereocenters. The van der Waals surface area contributed by atoms with E-state index >= 15 is 0 Å². The molecule has 6 heteroatoms. The number of carbonyl (C=O) groups excluding carboxylic acids is 1. The largest absolute Gasteiger partial charge is 0.450 e. The SMILES string of the molecule is CCOC(=O)Nc1cccc(-c2csc(NC)n2)c1. The lowest BCUT2D eigenvalue weighted by molar-refractivity contribution is 0.168. The number of aromatic nitrogens is 1. The number of carbonyl (C=O) groups is 1. The first kappa shape index (κ1) is 13.4. The Morgan fingerprint density at radius 1 is 1.47 bits per heavy atom. The van der Waals surface area contributed by atoms with Crippen molar-refractivity contribution in [3.05, 3.63) is 29.6 Å². The maximum atomic E-state index is 11.4. The van der Waals surface area contributed by atoms with Gasteiger partial charge in [-0.25, -0.2) is 9.78 Å². The summed E-state index contributed by atoms with van der Waals surface area (Å²) in [6.45, 7) is 2.12. The van der Waals surface area contributed by atoms with Crippen molar-refractivity contribution in [2.75, 3.05) is 24.3 Å². The van der Waals surface area contributed by atoms with Crippen LogP contribution < -0.4 is 10.6 Å². The lowest BCUT2D eigenvalue weighted by Gasteiger charge is -2.06. The van der Waals surface area contributed by atoms with E-state index in [2.05, 4.69) is 15.6 Å². The fraction of sp³-hybridized carbons (Fsp3) is 0.231. The van der Waals surface area contributed by atoms with Crippen molar-refractivity contribution in [3.8, 4) is 11.3 Å². The molecule has 19 heavy (non-hydrogen) atoms. The number of benzene rings is 1. The molecule has 0 fully saturated rings. The smallest absolute Gasteiger partial charge is 0.411 e. The van der Waals surface area contributed by atoms with Crippen LogP contribution in [0.3, 0.4) is 0 Å². The summed E-state index contributed by atoms with van der Waals surface area (Å²) >= 11 is 1.54. The fourth-order valence-electron chi connectivity index (χ4n) is 1.56. The molecule has 0 unspecified atom stereocenters. The van der Waals surface area contributed by atoms with Crippen molar-refractivity contribution in [1.82, 2.24) is 4.98 Å². The van der Waals surface area contributed by atoms with Crippen LogP contribution in [0.2, 0.25) is 0 Å². The van der Waals surface area contributed by atoms with Crippen LogP contribution in [0, 0.1) is 0 Å². The highest BCUT2D eigenvalue weighted by Crippen LogP contribution is 2.26. The molecule has 1 aromatic heterocycles. The number of amides is 1. The summed E-state index contributed by atoms with van der Waals surface area (Å²) in [7, 11) is 1.83. The molecule has 1 heterocycles. The summed E-state index contributed by atoms with van der Waals surface area (Å²) in [6, 6.07) is 7.50. The van der Waals surface area contributed by atoms with Crippen LogP contribution in [0.5, 0.6) is 0 Å². The topological polar surface area (TPSA) is 63.2 Å². The number of nitrogens with zero attached hydrogens (tertiary/aromatic N) is 1. The minimum absolute atomic E-state index is 0.350. The van der Waals surface area contributed by atoms with Gasteiger partial charge >= 0.3 is 6.09 Å². The molecule has 5 nitrogen and oxygen atoms in total. The summed E-state index contributed by atoms with van der Waals surface area (Å²) in [5.74, 6) is 0. The van der Waals surface area contributed by atoms with Gasteiger partial charge in [0.25, 0.3) is 0 Å². The van der Waals surface area contributed by atoms with E-state index < -0.39 is 6.09 Å². The Labute approximate surface area is 115 Å². The quantitative estimate of drug-likeness (QED) is 0.898. The van der Waals surface area contributed by atoms with Gasteiger partial charge in [0.1, 0.15) is 0 Å². The summed E-state index contributed by atoms with van der Waals surface area (Å²) in [5, 5.41) is 8.50. The van der Waals surface area contributed by atoms with Crippen LogP contribution in [-0.2, 0) is 4.74 Å². The predicted octanol–water partition coefficient (Wildman–Crippen LogP) is 3.42. The Morgan fingerprint density at radius 2 is 2.32 bits per heavy atom. The second-order valence-corrected chi connectivity index (χ2v) is 4.57. The molecule has 2 rings (SSSR count). The normalized spacial score (nSPS) is 10.0. The van der Waals surface area contributed by atoms with Crippen LogP contribution in [0.15, 0.2) is 29.6 Å². The van der Waals surface area contributed by atoms with Crippen molar-refractivity contribution in [2.24, 2.45) is 0 Å². The number of hydrogen-bond acceptors (Lipinski definition) is 5. The first-order chi connectivity index (χ1) is 9.22. The van der Waals surface area contributed by atoms with Gasteiger partial charge in [0.05, 0.1) is 12.3 Å². The van der Waals surface area contributed by atoms with E-state index in [1.165, 1.54) is 11.3 Å². The monoisotopic (exact) mass is 277 g/mol. The van der Waals surface area contributed by atoms with E-state index in [9.17, 15) is 4.79 Å². The van der Waals surface area contributed by atoms with Crippen molar-refractivity contribution in [1.29, 1.82) is 0 Å². The van der Waals surface area contributed by atoms with E-state index in [0.717, 1.165) is 16.4 Å². The average Bonchev–Trinajstić information content (AvgIpc) is 2.88. The summed E-state index contributed by atoms with van der Waals surface area (Å²) in [6.07, 6.45) is -0.450. The Balaban J connectivity index is 2.16. The van der Waals surface area contributed by atoms with Gasteiger partial charge < -0.3 is 10.1 Å². The van der Waals surface area contributed by atoms with Gasteiger partial charge in [0.2, 0.25) is 0 Å². The minimum Gasteiger partial charge on any atom is -0.450 e. The Morgan fingerprint density at radius 3 is 3.00 bits per heavy atom. The first-order valence-electron chi connectivity index (χ1n) is 5.90. The van der Waals surface area contributed by atoms with Gasteiger partial charge in [-0.05, 0) is 19.1 Å². The molecular formula is C13H15N3O2S. The standard InChI is InChI=1S/C13H15N3O2S/c1-3-18-13(17)15-10-6-4-5-9(7-10)11-8-19-12(14-2)16-11/h4-8H,3H2,1-2H3,(H,14,16)(H,15,17). The highest BCUT2D eigenvalue weighted by molar-refractivity contribution is 7.14. The molecule has 100 valence electrons. The fourth-order valence-corrected chi connectivity index (χ4v) is 2.24. The third kappa shape index (κ3) is 3.45. The molecule has 0 radical (unpaired) electrons. The van der Waals surface area contributed by atoms with Crippen molar-refractivity contribution in [3.63, 3.8) is 0 Å². The third-order valence-electron chi connectivity index (χ3n) is 2.40. The zero-order valence-electron chi connectivity index (χ0n) is 10.8. The average molecular weight is 277 g/mol. The first-order valence-corrected chi connectivity index (χ1v) is 6.78. The number of thiazole rings is 1.